The zero-order valence-corrected chi connectivity index (χ0v) is 16.4. The van der Waals surface area contributed by atoms with Gasteiger partial charge in [0.25, 0.3) is 0 Å². The summed E-state index contributed by atoms with van der Waals surface area (Å²) in [5, 5.41) is 13.5. The van der Waals surface area contributed by atoms with E-state index in [2.05, 4.69) is 27.2 Å². The Morgan fingerprint density at radius 1 is 0.750 bits per heavy atom. The van der Waals surface area contributed by atoms with Crippen LogP contribution < -0.4 is 5.32 Å². The SMILES string of the molecule is CCCCCCCCNc1nc(-c2ccccc2)nc(-c2ccccc2O)n1. The molecule has 0 radical (unpaired) electrons. The van der Waals surface area contributed by atoms with Crippen LogP contribution in [0.15, 0.2) is 54.6 Å². The van der Waals surface area contributed by atoms with Crippen molar-refractivity contribution in [3.63, 3.8) is 0 Å². The molecule has 0 aliphatic carbocycles. The number of phenolic OH excluding ortho intramolecular Hbond substituents is 1. The largest absolute Gasteiger partial charge is 0.507 e. The number of nitrogens with zero attached hydrogens (tertiary/aromatic N) is 3. The predicted molar refractivity (Wildman–Crippen MR) is 114 cm³/mol. The Balaban J connectivity index is 1.77. The number of hydrogen-bond donors (Lipinski definition) is 2. The van der Waals surface area contributed by atoms with Gasteiger partial charge in [-0.15, -0.1) is 0 Å². The minimum Gasteiger partial charge on any atom is -0.507 e. The molecule has 0 atom stereocenters. The number of anilines is 1. The van der Waals surface area contributed by atoms with E-state index < -0.39 is 0 Å². The molecule has 0 aliphatic rings. The lowest BCUT2D eigenvalue weighted by Crippen LogP contribution is -2.08. The first-order chi connectivity index (χ1) is 13.8. The van der Waals surface area contributed by atoms with Crippen molar-refractivity contribution in [3.8, 4) is 28.5 Å². The van der Waals surface area contributed by atoms with E-state index in [0.717, 1.165) is 18.5 Å². The molecule has 1 heterocycles. The normalized spacial score (nSPS) is 10.8. The number of aromatic hydroxyl groups is 1. The summed E-state index contributed by atoms with van der Waals surface area (Å²) >= 11 is 0. The molecule has 0 bridgehead atoms. The van der Waals surface area contributed by atoms with Gasteiger partial charge >= 0.3 is 0 Å². The molecule has 5 nitrogen and oxygen atoms in total. The average Bonchev–Trinajstić information content (AvgIpc) is 2.74. The number of rotatable bonds is 10. The summed E-state index contributed by atoms with van der Waals surface area (Å²) in [7, 11) is 0. The van der Waals surface area contributed by atoms with Gasteiger partial charge in [-0.3, -0.25) is 0 Å². The smallest absolute Gasteiger partial charge is 0.226 e. The van der Waals surface area contributed by atoms with Crippen LogP contribution in [-0.2, 0) is 0 Å². The molecule has 3 rings (SSSR count). The number of phenols is 1. The van der Waals surface area contributed by atoms with Gasteiger partial charge in [0.1, 0.15) is 5.75 Å². The van der Waals surface area contributed by atoms with Crippen molar-refractivity contribution in [2.75, 3.05) is 11.9 Å². The molecule has 0 spiro atoms. The third-order valence-electron chi connectivity index (χ3n) is 4.63. The maximum atomic E-state index is 10.2. The molecule has 2 N–H and O–H groups in total. The Morgan fingerprint density at radius 3 is 2.21 bits per heavy atom. The number of unbranched alkanes of at least 4 members (excludes halogenated alkanes) is 5. The molecule has 28 heavy (non-hydrogen) atoms. The van der Waals surface area contributed by atoms with Crippen LogP contribution in [0.25, 0.3) is 22.8 Å². The third-order valence-corrected chi connectivity index (χ3v) is 4.63. The number of aromatic nitrogens is 3. The lowest BCUT2D eigenvalue weighted by atomic mass is 10.1. The lowest BCUT2D eigenvalue weighted by Gasteiger charge is -2.10. The molecular weight excluding hydrogens is 348 g/mol. The molecule has 0 unspecified atom stereocenters. The summed E-state index contributed by atoms with van der Waals surface area (Å²) in [5.74, 6) is 1.77. The molecular formula is C23H28N4O. The van der Waals surface area contributed by atoms with Crippen LogP contribution in [0.5, 0.6) is 5.75 Å². The highest BCUT2D eigenvalue weighted by Crippen LogP contribution is 2.28. The summed E-state index contributed by atoms with van der Waals surface area (Å²) in [4.78, 5) is 13.7. The van der Waals surface area contributed by atoms with Crippen molar-refractivity contribution in [1.29, 1.82) is 0 Å². The first-order valence-electron chi connectivity index (χ1n) is 10.1. The van der Waals surface area contributed by atoms with Crippen molar-refractivity contribution in [3.05, 3.63) is 54.6 Å². The molecule has 0 saturated heterocycles. The number of nitrogens with one attached hydrogen (secondary N) is 1. The van der Waals surface area contributed by atoms with Crippen LogP contribution >= 0.6 is 0 Å². The van der Waals surface area contributed by atoms with Crippen LogP contribution in [-0.4, -0.2) is 26.6 Å². The molecule has 146 valence electrons. The van der Waals surface area contributed by atoms with E-state index in [1.165, 1.54) is 32.1 Å². The molecule has 2 aromatic carbocycles. The Morgan fingerprint density at radius 2 is 1.43 bits per heavy atom. The van der Waals surface area contributed by atoms with Gasteiger partial charge in [0.05, 0.1) is 5.56 Å². The topological polar surface area (TPSA) is 70.9 Å². The molecule has 0 fully saturated rings. The lowest BCUT2D eigenvalue weighted by molar-refractivity contribution is 0.477. The van der Waals surface area contributed by atoms with Gasteiger partial charge < -0.3 is 10.4 Å². The molecule has 3 aromatic rings. The van der Waals surface area contributed by atoms with E-state index in [1.54, 1.807) is 12.1 Å². The van der Waals surface area contributed by atoms with E-state index in [9.17, 15) is 5.11 Å². The van der Waals surface area contributed by atoms with Gasteiger partial charge in [0, 0.05) is 12.1 Å². The fourth-order valence-electron chi connectivity index (χ4n) is 3.06. The zero-order chi connectivity index (χ0) is 19.6. The first kappa shape index (κ1) is 19.8. The number of benzene rings is 2. The minimum atomic E-state index is 0.162. The van der Waals surface area contributed by atoms with Gasteiger partial charge in [0.2, 0.25) is 5.95 Å². The second-order valence-corrected chi connectivity index (χ2v) is 6.88. The fraction of sp³-hybridized carbons (Fsp3) is 0.348. The molecule has 5 heteroatoms. The van der Waals surface area contributed by atoms with E-state index in [1.807, 2.05) is 42.5 Å². The van der Waals surface area contributed by atoms with Crippen LogP contribution in [0.1, 0.15) is 45.4 Å². The van der Waals surface area contributed by atoms with Gasteiger partial charge in [-0.05, 0) is 18.6 Å². The summed E-state index contributed by atoms with van der Waals surface area (Å²) in [6.07, 6.45) is 7.44. The maximum absolute atomic E-state index is 10.2. The van der Waals surface area contributed by atoms with Gasteiger partial charge in [-0.1, -0.05) is 81.5 Å². The Hall–Kier alpha value is -2.95. The van der Waals surface area contributed by atoms with Crippen molar-refractivity contribution in [1.82, 2.24) is 15.0 Å². The second kappa shape index (κ2) is 10.4. The van der Waals surface area contributed by atoms with Crippen molar-refractivity contribution < 1.29 is 5.11 Å². The van der Waals surface area contributed by atoms with E-state index >= 15 is 0 Å². The second-order valence-electron chi connectivity index (χ2n) is 6.88. The predicted octanol–water partition coefficient (Wildman–Crippen LogP) is 5.68. The van der Waals surface area contributed by atoms with Crippen molar-refractivity contribution in [2.45, 2.75) is 45.4 Å². The zero-order valence-electron chi connectivity index (χ0n) is 16.4. The Bertz CT molecular complexity index is 867. The van der Waals surface area contributed by atoms with Gasteiger partial charge in [0.15, 0.2) is 11.6 Å². The van der Waals surface area contributed by atoms with E-state index in [-0.39, 0.29) is 5.75 Å². The fourth-order valence-corrected chi connectivity index (χ4v) is 3.06. The highest BCUT2D eigenvalue weighted by Gasteiger charge is 2.12. The van der Waals surface area contributed by atoms with E-state index in [4.69, 9.17) is 0 Å². The first-order valence-corrected chi connectivity index (χ1v) is 10.1. The van der Waals surface area contributed by atoms with Gasteiger partial charge in [-0.2, -0.15) is 9.97 Å². The third kappa shape index (κ3) is 5.52. The highest BCUT2D eigenvalue weighted by atomic mass is 16.3. The standard InChI is InChI=1S/C23H28N4O/c1-2-3-4-5-6-12-17-24-23-26-21(18-13-8-7-9-14-18)25-22(27-23)19-15-10-11-16-20(19)28/h7-11,13-16,28H,2-6,12,17H2,1H3,(H,24,25,26,27). The minimum absolute atomic E-state index is 0.162. The van der Waals surface area contributed by atoms with Crippen molar-refractivity contribution >= 4 is 5.95 Å². The summed E-state index contributed by atoms with van der Waals surface area (Å²) in [6, 6.07) is 16.9. The molecule has 0 saturated carbocycles. The quantitative estimate of drug-likeness (QED) is 0.445. The van der Waals surface area contributed by atoms with Crippen LogP contribution in [0.2, 0.25) is 0 Å². The highest BCUT2D eigenvalue weighted by molar-refractivity contribution is 5.67. The Labute approximate surface area is 166 Å². The maximum Gasteiger partial charge on any atom is 0.226 e. The summed E-state index contributed by atoms with van der Waals surface area (Å²) < 4.78 is 0. The van der Waals surface area contributed by atoms with E-state index in [0.29, 0.717) is 23.2 Å². The van der Waals surface area contributed by atoms with Gasteiger partial charge in [-0.25, -0.2) is 4.98 Å². The van der Waals surface area contributed by atoms with Crippen LogP contribution in [0.3, 0.4) is 0 Å². The van der Waals surface area contributed by atoms with Crippen LogP contribution in [0, 0.1) is 0 Å². The van der Waals surface area contributed by atoms with Crippen molar-refractivity contribution in [2.24, 2.45) is 0 Å². The number of hydrogen-bond acceptors (Lipinski definition) is 5. The van der Waals surface area contributed by atoms with Crippen LogP contribution in [0.4, 0.5) is 5.95 Å². The molecule has 0 aliphatic heterocycles. The summed E-state index contributed by atoms with van der Waals surface area (Å²) in [6.45, 7) is 3.05. The summed E-state index contributed by atoms with van der Waals surface area (Å²) in [5.41, 5.74) is 1.52. The monoisotopic (exact) mass is 376 g/mol. The Kier molecular flexibility index (Phi) is 7.36. The molecule has 1 aromatic heterocycles. The molecule has 0 amide bonds. The number of para-hydroxylation sites is 1. The average molecular weight is 377 g/mol.